The van der Waals surface area contributed by atoms with Crippen molar-refractivity contribution in [2.75, 3.05) is 50.2 Å². The molecule has 0 saturated carbocycles. The van der Waals surface area contributed by atoms with Crippen molar-refractivity contribution in [1.82, 2.24) is 4.72 Å². The van der Waals surface area contributed by atoms with Gasteiger partial charge in [0, 0.05) is 30.9 Å². The van der Waals surface area contributed by atoms with Gasteiger partial charge in [-0.25, -0.2) is 17.9 Å². The lowest BCUT2D eigenvalue weighted by molar-refractivity contribution is 0.0602. The first-order valence-corrected chi connectivity index (χ1v) is 11.3. The largest absolute Gasteiger partial charge is 0.465 e. The number of amides is 1. The van der Waals surface area contributed by atoms with Gasteiger partial charge in [-0.2, -0.15) is 0 Å². The van der Waals surface area contributed by atoms with E-state index in [0.717, 1.165) is 5.69 Å². The third-order valence-electron chi connectivity index (χ3n) is 4.79. The number of esters is 1. The number of anilines is 2. The van der Waals surface area contributed by atoms with Crippen LogP contribution in [-0.4, -0.2) is 60.3 Å². The highest BCUT2D eigenvalue weighted by Gasteiger charge is 2.19. The molecule has 0 radical (unpaired) electrons. The van der Waals surface area contributed by atoms with Gasteiger partial charge in [-0.3, -0.25) is 4.79 Å². The molecule has 0 spiro atoms. The normalized spacial score (nSPS) is 14.2. The number of rotatable bonds is 7. The molecule has 2 aromatic carbocycles. The molecule has 1 saturated heterocycles. The van der Waals surface area contributed by atoms with E-state index in [9.17, 15) is 18.0 Å². The van der Waals surface area contributed by atoms with Crippen LogP contribution in [0.4, 0.5) is 11.4 Å². The zero-order chi connectivity index (χ0) is 22.4. The quantitative estimate of drug-likeness (QED) is 0.623. The predicted molar refractivity (Wildman–Crippen MR) is 116 cm³/mol. The fourth-order valence-corrected chi connectivity index (χ4v) is 4.23. The van der Waals surface area contributed by atoms with E-state index in [1.807, 2.05) is 6.07 Å². The number of carbonyl (C=O) groups is 2. The molecular formula is C21H25N3O6S. The Morgan fingerprint density at radius 2 is 1.77 bits per heavy atom. The SMILES string of the molecule is CCNS(=O)(=O)c1ccc(C(=O)Nc2ccc(N3CCOCC3)cc2C(=O)OC)cc1. The summed E-state index contributed by atoms with van der Waals surface area (Å²) in [5, 5.41) is 2.71. The first kappa shape index (κ1) is 22.7. The molecule has 0 aliphatic carbocycles. The Balaban J connectivity index is 1.82. The van der Waals surface area contributed by atoms with Gasteiger partial charge in [-0.1, -0.05) is 6.92 Å². The molecular weight excluding hydrogens is 422 g/mol. The Kier molecular flexibility index (Phi) is 7.26. The van der Waals surface area contributed by atoms with Gasteiger partial charge in [0.05, 0.1) is 36.5 Å². The van der Waals surface area contributed by atoms with Crippen LogP contribution >= 0.6 is 0 Å². The molecule has 1 amide bonds. The van der Waals surface area contributed by atoms with E-state index in [0.29, 0.717) is 32.0 Å². The summed E-state index contributed by atoms with van der Waals surface area (Å²) in [5.41, 5.74) is 1.62. The molecule has 0 aromatic heterocycles. The Bertz CT molecular complexity index is 1050. The van der Waals surface area contributed by atoms with Crippen LogP contribution in [0.3, 0.4) is 0 Å². The molecule has 2 aromatic rings. The van der Waals surface area contributed by atoms with Gasteiger partial charge < -0.3 is 19.7 Å². The number of hydrogen-bond acceptors (Lipinski definition) is 7. The number of nitrogens with one attached hydrogen (secondary N) is 2. The lowest BCUT2D eigenvalue weighted by Gasteiger charge is -2.29. The maximum atomic E-state index is 12.7. The number of carbonyl (C=O) groups excluding carboxylic acids is 2. The molecule has 9 nitrogen and oxygen atoms in total. The minimum atomic E-state index is -3.61. The van der Waals surface area contributed by atoms with Crippen molar-refractivity contribution in [3.63, 3.8) is 0 Å². The van der Waals surface area contributed by atoms with Crippen LogP contribution in [0.1, 0.15) is 27.6 Å². The Morgan fingerprint density at radius 3 is 2.39 bits per heavy atom. The van der Waals surface area contributed by atoms with Gasteiger partial charge in [-0.05, 0) is 42.5 Å². The number of benzene rings is 2. The molecule has 10 heteroatoms. The van der Waals surface area contributed by atoms with E-state index in [-0.39, 0.29) is 22.6 Å². The van der Waals surface area contributed by atoms with Crippen LogP contribution in [0.2, 0.25) is 0 Å². The molecule has 1 aliphatic heterocycles. The average Bonchev–Trinajstić information content (AvgIpc) is 2.79. The van der Waals surface area contributed by atoms with Crippen molar-refractivity contribution in [3.8, 4) is 0 Å². The predicted octanol–water partition coefficient (Wildman–Crippen LogP) is 1.86. The zero-order valence-corrected chi connectivity index (χ0v) is 18.2. The number of hydrogen-bond donors (Lipinski definition) is 2. The highest BCUT2D eigenvalue weighted by Crippen LogP contribution is 2.25. The number of sulfonamides is 1. The molecule has 1 fully saturated rings. The summed E-state index contributed by atoms with van der Waals surface area (Å²) in [6, 6.07) is 10.7. The first-order chi connectivity index (χ1) is 14.9. The van der Waals surface area contributed by atoms with Crippen molar-refractivity contribution in [1.29, 1.82) is 0 Å². The number of nitrogens with zero attached hydrogens (tertiary/aromatic N) is 1. The molecule has 2 N–H and O–H groups in total. The second kappa shape index (κ2) is 9.90. The average molecular weight is 448 g/mol. The van der Waals surface area contributed by atoms with E-state index >= 15 is 0 Å². The van der Waals surface area contributed by atoms with Crippen molar-refractivity contribution in [2.45, 2.75) is 11.8 Å². The molecule has 0 atom stereocenters. The van der Waals surface area contributed by atoms with E-state index in [1.165, 1.54) is 31.4 Å². The van der Waals surface area contributed by atoms with Crippen molar-refractivity contribution in [2.24, 2.45) is 0 Å². The monoisotopic (exact) mass is 447 g/mol. The van der Waals surface area contributed by atoms with E-state index in [2.05, 4.69) is 14.9 Å². The molecule has 31 heavy (non-hydrogen) atoms. The van der Waals surface area contributed by atoms with Gasteiger partial charge in [0.2, 0.25) is 10.0 Å². The van der Waals surface area contributed by atoms with Gasteiger partial charge in [0.15, 0.2) is 0 Å². The Morgan fingerprint density at radius 1 is 1.10 bits per heavy atom. The van der Waals surface area contributed by atoms with Crippen LogP contribution in [0.15, 0.2) is 47.4 Å². The number of ether oxygens (including phenoxy) is 2. The summed E-state index contributed by atoms with van der Waals surface area (Å²) in [7, 11) is -2.33. The minimum absolute atomic E-state index is 0.0658. The third-order valence-corrected chi connectivity index (χ3v) is 6.36. The van der Waals surface area contributed by atoms with E-state index < -0.39 is 21.9 Å². The topological polar surface area (TPSA) is 114 Å². The maximum absolute atomic E-state index is 12.7. The van der Waals surface area contributed by atoms with Crippen molar-refractivity contribution >= 4 is 33.3 Å². The maximum Gasteiger partial charge on any atom is 0.340 e. The first-order valence-electron chi connectivity index (χ1n) is 9.82. The highest BCUT2D eigenvalue weighted by molar-refractivity contribution is 7.89. The third kappa shape index (κ3) is 5.40. The van der Waals surface area contributed by atoms with Gasteiger partial charge in [0.1, 0.15) is 0 Å². The summed E-state index contributed by atoms with van der Waals surface area (Å²) in [4.78, 5) is 27.2. The smallest absolute Gasteiger partial charge is 0.340 e. The second-order valence-corrected chi connectivity index (χ2v) is 8.57. The molecule has 0 bridgehead atoms. The number of morpholine rings is 1. The van der Waals surface area contributed by atoms with Gasteiger partial charge >= 0.3 is 5.97 Å². The Labute approximate surface area is 181 Å². The molecule has 3 rings (SSSR count). The molecule has 0 unspecified atom stereocenters. The summed E-state index contributed by atoms with van der Waals surface area (Å²) in [6.45, 7) is 4.56. The van der Waals surface area contributed by atoms with E-state index in [1.54, 1.807) is 19.1 Å². The van der Waals surface area contributed by atoms with Gasteiger partial charge in [-0.15, -0.1) is 0 Å². The molecule has 1 heterocycles. The number of methoxy groups -OCH3 is 1. The molecule has 166 valence electrons. The van der Waals surface area contributed by atoms with Crippen LogP contribution in [0.5, 0.6) is 0 Å². The van der Waals surface area contributed by atoms with Crippen molar-refractivity contribution < 1.29 is 27.5 Å². The Hall–Kier alpha value is -2.95. The highest BCUT2D eigenvalue weighted by atomic mass is 32.2. The molecule has 1 aliphatic rings. The summed E-state index contributed by atoms with van der Waals surface area (Å²) in [6.07, 6.45) is 0. The fraction of sp³-hybridized carbons (Fsp3) is 0.333. The minimum Gasteiger partial charge on any atom is -0.465 e. The lowest BCUT2D eigenvalue weighted by Crippen LogP contribution is -2.36. The van der Waals surface area contributed by atoms with Crippen LogP contribution in [-0.2, 0) is 19.5 Å². The summed E-state index contributed by atoms with van der Waals surface area (Å²) in [5.74, 6) is -1.05. The van der Waals surface area contributed by atoms with Gasteiger partial charge in [0.25, 0.3) is 5.91 Å². The second-order valence-electron chi connectivity index (χ2n) is 6.80. The summed E-state index contributed by atoms with van der Waals surface area (Å²) >= 11 is 0. The van der Waals surface area contributed by atoms with Crippen molar-refractivity contribution in [3.05, 3.63) is 53.6 Å². The van der Waals surface area contributed by atoms with E-state index in [4.69, 9.17) is 9.47 Å². The zero-order valence-electron chi connectivity index (χ0n) is 17.4. The summed E-state index contributed by atoms with van der Waals surface area (Å²) < 4.78 is 36.7. The standard InChI is InChI=1S/C21H25N3O6S/c1-3-22-31(27,28)17-7-4-15(5-8-17)20(25)23-19-9-6-16(14-18(19)21(26)29-2)24-10-12-30-13-11-24/h4-9,14,22H,3,10-13H2,1-2H3,(H,23,25). The van der Waals surface area contributed by atoms with Crippen LogP contribution in [0.25, 0.3) is 0 Å². The lowest BCUT2D eigenvalue weighted by atomic mass is 10.1. The van der Waals surface area contributed by atoms with Crippen LogP contribution < -0.4 is 14.9 Å². The van der Waals surface area contributed by atoms with Crippen LogP contribution in [0, 0.1) is 0 Å². The fourth-order valence-electron chi connectivity index (χ4n) is 3.19.